The molecule has 0 fully saturated rings. The minimum absolute atomic E-state index is 0.879. The Kier molecular flexibility index (Phi) is 4.62. The summed E-state index contributed by atoms with van der Waals surface area (Å²) in [6, 6.07) is 19.0. The highest BCUT2D eigenvalue weighted by molar-refractivity contribution is 5.78. The molecule has 23 heavy (non-hydrogen) atoms. The number of hydrogen-bond donors (Lipinski definition) is 0. The Balaban J connectivity index is 1.88. The number of rotatable bonds is 4. The molecule has 0 saturated heterocycles. The third-order valence-corrected chi connectivity index (χ3v) is 4.03. The maximum Gasteiger partial charge on any atom is 0.115 e. The third kappa shape index (κ3) is 3.54. The highest BCUT2D eigenvalue weighted by Crippen LogP contribution is 2.28. The monoisotopic (exact) mass is 303 g/mol. The van der Waals surface area contributed by atoms with Gasteiger partial charge in [0.25, 0.3) is 0 Å². The lowest BCUT2D eigenvalue weighted by Gasteiger charge is -2.20. The van der Waals surface area contributed by atoms with Crippen LogP contribution in [0.25, 0.3) is 5.57 Å². The molecule has 0 unspecified atom stereocenters. The summed E-state index contributed by atoms with van der Waals surface area (Å²) in [6.45, 7) is 0. The molecule has 2 aromatic carbocycles. The van der Waals surface area contributed by atoms with Crippen LogP contribution in [0.15, 0.2) is 84.7 Å². The van der Waals surface area contributed by atoms with Crippen molar-refractivity contribution in [2.45, 2.75) is 6.42 Å². The van der Waals surface area contributed by atoms with Gasteiger partial charge < -0.3 is 9.64 Å². The summed E-state index contributed by atoms with van der Waals surface area (Å²) < 4.78 is 5.31. The molecule has 0 spiro atoms. The van der Waals surface area contributed by atoms with Crippen molar-refractivity contribution in [2.75, 3.05) is 19.1 Å². The van der Waals surface area contributed by atoms with Gasteiger partial charge in [0.2, 0.25) is 0 Å². The summed E-state index contributed by atoms with van der Waals surface area (Å²) in [5.74, 6) is 0.911. The summed E-state index contributed by atoms with van der Waals surface area (Å²) in [5, 5.41) is 0. The van der Waals surface area contributed by atoms with Crippen LogP contribution in [0.1, 0.15) is 12.0 Å². The maximum atomic E-state index is 5.31. The minimum Gasteiger partial charge on any atom is -0.497 e. The first-order chi connectivity index (χ1) is 11.3. The van der Waals surface area contributed by atoms with Crippen molar-refractivity contribution in [3.05, 3.63) is 90.2 Å². The molecule has 0 heterocycles. The molecule has 3 rings (SSSR count). The molecule has 2 aromatic rings. The molecule has 0 atom stereocenters. The summed E-state index contributed by atoms with van der Waals surface area (Å²) >= 11 is 0. The fourth-order valence-corrected chi connectivity index (χ4v) is 2.67. The van der Waals surface area contributed by atoms with Gasteiger partial charge in [0.05, 0.1) is 7.11 Å². The van der Waals surface area contributed by atoms with Crippen molar-refractivity contribution in [1.29, 1.82) is 0 Å². The standard InChI is InChI=1S/C21H21NO/c1-22(19-10-4-3-5-11-19)20-12-6-9-18(16-20)17-8-7-13-21(23-2)15-14-17/h3-6,8-16H,7H2,1-2H3. The van der Waals surface area contributed by atoms with Gasteiger partial charge in [-0.3, -0.25) is 0 Å². The lowest BCUT2D eigenvalue weighted by Crippen LogP contribution is -2.09. The second-order valence-electron chi connectivity index (χ2n) is 5.48. The lowest BCUT2D eigenvalue weighted by molar-refractivity contribution is 0.306. The average Bonchev–Trinajstić information content (AvgIpc) is 2.87. The Bertz CT molecular complexity index is 756. The molecule has 0 aliphatic heterocycles. The van der Waals surface area contributed by atoms with E-state index in [1.807, 2.05) is 12.1 Å². The van der Waals surface area contributed by atoms with Gasteiger partial charge in [0.15, 0.2) is 0 Å². The van der Waals surface area contributed by atoms with E-state index >= 15 is 0 Å². The largest absolute Gasteiger partial charge is 0.497 e. The van der Waals surface area contributed by atoms with E-state index in [0.717, 1.165) is 12.2 Å². The first-order valence-electron chi connectivity index (χ1n) is 7.79. The fraction of sp³-hybridized carbons (Fsp3) is 0.143. The first kappa shape index (κ1) is 15.2. The zero-order valence-electron chi connectivity index (χ0n) is 13.6. The van der Waals surface area contributed by atoms with Crippen LogP contribution in [0.5, 0.6) is 0 Å². The van der Waals surface area contributed by atoms with E-state index in [9.17, 15) is 0 Å². The topological polar surface area (TPSA) is 12.5 Å². The predicted octanol–water partition coefficient (Wildman–Crippen LogP) is 5.33. The zero-order chi connectivity index (χ0) is 16.1. The number of nitrogens with zero attached hydrogens (tertiary/aromatic N) is 1. The van der Waals surface area contributed by atoms with Crippen LogP contribution in [0.2, 0.25) is 0 Å². The molecule has 1 aliphatic rings. The van der Waals surface area contributed by atoms with Crippen molar-refractivity contribution >= 4 is 16.9 Å². The van der Waals surface area contributed by atoms with Crippen molar-refractivity contribution in [3.8, 4) is 0 Å². The first-order valence-corrected chi connectivity index (χ1v) is 7.79. The molecular weight excluding hydrogens is 282 g/mol. The van der Waals surface area contributed by atoms with Gasteiger partial charge in [-0.25, -0.2) is 0 Å². The predicted molar refractivity (Wildman–Crippen MR) is 97.8 cm³/mol. The molecule has 0 aromatic heterocycles. The van der Waals surface area contributed by atoms with Crippen LogP contribution in [0, 0.1) is 0 Å². The van der Waals surface area contributed by atoms with Crippen LogP contribution in [-0.4, -0.2) is 14.2 Å². The molecule has 1 aliphatic carbocycles. The number of benzene rings is 2. The summed E-state index contributed by atoms with van der Waals surface area (Å²) in [4.78, 5) is 2.20. The highest BCUT2D eigenvalue weighted by Gasteiger charge is 2.07. The smallest absolute Gasteiger partial charge is 0.115 e. The van der Waals surface area contributed by atoms with E-state index in [2.05, 4.69) is 78.7 Å². The van der Waals surface area contributed by atoms with Gasteiger partial charge in [-0.15, -0.1) is 0 Å². The molecule has 0 N–H and O–H groups in total. The fourth-order valence-electron chi connectivity index (χ4n) is 2.67. The molecule has 0 radical (unpaired) electrons. The number of para-hydroxylation sites is 1. The Morgan fingerprint density at radius 2 is 1.65 bits per heavy atom. The van der Waals surface area contributed by atoms with Crippen LogP contribution >= 0.6 is 0 Å². The Labute approximate surface area is 138 Å². The van der Waals surface area contributed by atoms with Crippen molar-refractivity contribution in [2.24, 2.45) is 0 Å². The lowest BCUT2D eigenvalue weighted by atomic mass is 10.0. The van der Waals surface area contributed by atoms with E-state index in [-0.39, 0.29) is 0 Å². The second kappa shape index (κ2) is 7.01. The van der Waals surface area contributed by atoms with Crippen LogP contribution in [0.4, 0.5) is 11.4 Å². The van der Waals surface area contributed by atoms with Gasteiger partial charge in [0, 0.05) is 18.4 Å². The van der Waals surface area contributed by atoms with Gasteiger partial charge in [-0.2, -0.15) is 0 Å². The van der Waals surface area contributed by atoms with Crippen molar-refractivity contribution in [1.82, 2.24) is 0 Å². The number of methoxy groups -OCH3 is 1. The Morgan fingerprint density at radius 1 is 0.870 bits per heavy atom. The minimum atomic E-state index is 0.879. The summed E-state index contributed by atoms with van der Waals surface area (Å²) in [6.07, 6.45) is 9.33. The summed E-state index contributed by atoms with van der Waals surface area (Å²) in [7, 11) is 3.80. The third-order valence-electron chi connectivity index (χ3n) is 4.03. The van der Waals surface area contributed by atoms with Gasteiger partial charge in [-0.1, -0.05) is 42.5 Å². The highest BCUT2D eigenvalue weighted by atomic mass is 16.5. The second-order valence-corrected chi connectivity index (χ2v) is 5.48. The van der Waals surface area contributed by atoms with Crippen molar-refractivity contribution in [3.63, 3.8) is 0 Å². The van der Waals surface area contributed by atoms with Gasteiger partial charge >= 0.3 is 0 Å². The van der Waals surface area contributed by atoms with Crippen molar-refractivity contribution < 1.29 is 4.74 Å². The van der Waals surface area contributed by atoms with Crippen LogP contribution in [-0.2, 0) is 4.74 Å². The summed E-state index contributed by atoms with van der Waals surface area (Å²) in [5.41, 5.74) is 4.79. The SMILES string of the molecule is COC1=CCC=C(c2cccc(N(C)c3ccccc3)c2)C=C1. The Morgan fingerprint density at radius 3 is 2.43 bits per heavy atom. The normalized spacial score (nSPS) is 13.8. The zero-order valence-corrected chi connectivity index (χ0v) is 13.6. The molecular formula is C21H21NO. The molecule has 0 bridgehead atoms. The molecule has 0 amide bonds. The van der Waals surface area contributed by atoms with Gasteiger partial charge in [-0.05, 0) is 54.0 Å². The van der Waals surface area contributed by atoms with E-state index in [4.69, 9.17) is 4.74 Å². The number of anilines is 2. The maximum absolute atomic E-state index is 5.31. The van der Waals surface area contributed by atoms with E-state index in [1.54, 1.807) is 7.11 Å². The molecule has 116 valence electrons. The van der Waals surface area contributed by atoms with E-state index in [1.165, 1.54) is 22.5 Å². The number of hydrogen-bond acceptors (Lipinski definition) is 2. The van der Waals surface area contributed by atoms with Gasteiger partial charge in [0.1, 0.15) is 5.76 Å². The molecule has 0 saturated carbocycles. The quantitative estimate of drug-likeness (QED) is 0.757. The van der Waals surface area contributed by atoms with Crippen LogP contribution < -0.4 is 4.90 Å². The molecule has 2 heteroatoms. The average molecular weight is 303 g/mol. The van der Waals surface area contributed by atoms with Crippen LogP contribution in [0.3, 0.4) is 0 Å². The number of allylic oxidation sites excluding steroid dienone is 5. The number of ether oxygens (including phenoxy) is 1. The Hall–Kier alpha value is -2.74. The van der Waals surface area contributed by atoms with E-state index in [0.29, 0.717) is 0 Å². The van der Waals surface area contributed by atoms with E-state index < -0.39 is 0 Å². The molecule has 2 nitrogen and oxygen atoms in total.